The zero-order chi connectivity index (χ0) is 19.0. The van der Waals surface area contributed by atoms with Crippen LogP contribution in [-0.4, -0.2) is 31.1 Å². The van der Waals surface area contributed by atoms with Gasteiger partial charge in [-0.3, -0.25) is 4.79 Å². The van der Waals surface area contributed by atoms with E-state index in [1.807, 2.05) is 6.92 Å². The van der Waals surface area contributed by atoms with Crippen molar-refractivity contribution in [2.45, 2.75) is 44.2 Å². The van der Waals surface area contributed by atoms with Gasteiger partial charge in [-0.2, -0.15) is 17.7 Å². The van der Waals surface area contributed by atoms with Crippen LogP contribution in [0.3, 0.4) is 0 Å². The Kier molecular flexibility index (Phi) is 5.43. The summed E-state index contributed by atoms with van der Waals surface area (Å²) in [5, 5.41) is 0. The van der Waals surface area contributed by atoms with Crippen LogP contribution in [0.15, 0.2) is 18.3 Å². The molecule has 140 valence electrons. The smallest absolute Gasteiger partial charge is 0.485 e. The number of aromatic nitrogens is 1. The quantitative estimate of drug-likeness (QED) is 0.346. The number of aryl methyl sites for hydroxylation is 1. The number of nitrogens with zero attached hydrogens (tertiary/aromatic N) is 1. The topological polar surface area (TPSA) is 87.4 Å². The molecule has 0 bridgehead atoms. The van der Waals surface area contributed by atoms with Crippen molar-refractivity contribution in [3.63, 3.8) is 0 Å². The molecule has 10 heteroatoms. The number of carbonyl (C=O) groups is 1. The van der Waals surface area contributed by atoms with Crippen molar-refractivity contribution in [2.24, 2.45) is 5.92 Å². The van der Waals surface area contributed by atoms with E-state index < -0.39 is 15.6 Å². The fourth-order valence-corrected chi connectivity index (χ4v) is 3.22. The van der Waals surface area contributed by atoms with E-state index in [0.29, 0.717) is 30.9 Å². The molecule has 6 nitrogen and oxygen atoms in total. The van der Waals surface area contributed by atoms with Crippen LogP contribution in [-0.2, 0) is 19.6 Å². The molecule has 1 fully saturated rings. The van der Waals surface area contributed by atoms with Crippen molar-refractivity contribution in [3.8, 4) is 0 Å². The maximum absolute atomic E-state index is 11.6. The zero-order valence-corrected chi connectivity index (χ0v) is 14.4. The van der Waals surface area contributed by atoms with Gasteiger partial charge < -0.3 is 9.29 Å². The van der Waals surface area contributed by atoms with Crippen molar-refractivity contribution in [1.29, 1.82) is 0 Å². The third kappa shape index (κ3) is 4.30. The fourth-order valence-electron chi connectivity index (χ4n) is 3.22. The lowest BCUT2D eigenvalue weighted by molar-refractivity contribution is -0.722. The number of fused-ring (bicyclic) bond motifs is 3. The largest absolute Gasteiger partial charge is 0.741 e. The lowest BCUT2D eigenvalue weighted by atomic mass is 10.1. The number of esters is 1. The van der Waals surface area contributed by atoms with Gasteiger partial charge in [-0.05, 0) is 26.3 Å². The van der Waals surface area contributed by atoms with Crippen LogP contribution in [0.4, 0.5) is 13.2 Å². The molecule has 25 heavy (non-hydrogen) atoms. The van der Waals surface area contributed by atoms with Gasteiger partial charge in [0, 0.05) is 17.5 Å². The van der Waals surface area contributed by atoms with Crippen molar-refractivity contribution < 1.29 is 40.2 Å². The highest BCUT2D eigenvalue weighted by atomic mass is 32.2. The summed E-state index contributed by atoms with van der Waals surface area (Å²) in [6, 6.07) is 4.56. The summed E-state index contributed by atoms with van der Waals surface area (Å²) in [6.07, 6.45) is 3.88. The highest BCUT2D eigenvalue weighted by molar-refractivity contribution is 7.86. The molecule has 0 N–H and O–H groups in total. The molecule has 2 aliphatic rings. The second kappa shape index (κ2) is 6.91. The van der Waals surface area contributed by atoms with Crippen molar-refractivity contribution in [1.82, 2.24) is 0 Å². The first-order valence-electron chi connectivity index (χ1n) is 7.65. The molecule has 3 atom stereocenters. The van der Waals surface area contributed by atoms with Gasteiger partial charge in [0.05, 0.1) is 12.5 Å². The SMILES string of the molecule is CCOC(=O)CC1C2CC2c2c(C)ccc[n+]21.O=S(=O)([O-])C(F)(F)F. The van der Waals surface area contributed by atoms with Gasteiger partial charge in [0.15, 0.2) is 28.1 Å². The molecule has 0 amide bonds. The Balaban J connectivity index is 0.000000242. The Hall–Kier alpha value is -1.68. The van der Waals surface area contributed by atoms with Gasteiger partial charge in [-0.15, -0.1) is 0 Å². The van der Waals surface area contributed by atoms with Gasteiger partial charge in [0.2, 0.25) is 0 Å². The molecule has 0 radical (unpaired) electrons. The van der Waals surface area contributed by atoms with Crippen LogP contribution in [0.1, 0.15) is 43.0 Å². The van der Waals surface area contributed by atoms with E-state index in [1.54, 1.807) is 0 Å². The second-order valence-corrected chi connectivity index (χ2v) is 7.34. The Morgan fingerprint density at radius 2 is 2.04 bits per heavy atom. The number of pyridine rings is 1. The van der Waals surface area contributed by atoms with Crippen LogP contribution in [0.2, 0.25) is 0 Å². The highest BCUT2D eigenvalue weighted by Gasteiger charge is 2.60. The number of rotatable bonds is 3. The Bertz CT molecular complexity index is 763. The summed E-state index contributed by atoms with van der Waals surface area (Å²) in [6.45, 7) is 4.50. The summed E-state index contributed by atoms with van der Waals surface area (Å²) in [4.78, 5) is 11.6. The van der Waals surface area contributed by atoms with Crippen LogP contribution in [0.5, 0.6) is 0 Å². The van der Waals surface area contributed by atoms with E-state index in [9.17, 15) is 18.0 Å². The predicted molar refractivity (Wildman–Crippen MR) is 78.3 cm³/mol. The molecule has 1 aliphatic carbocycles. The number of hydrogen-bond donors (Lipinski definition) is 0. The van der Waals surface area contributed by atoms with Crippen molar-refractivity contribution in [3.05, 3.63) is 29.6 Å². The maximum atomic E-state index is 11.6. The fraction of sp³-hybridized carbons (Fsp3) is 0.600. The van der Waals surface area contributed by atoms with E-state index >= 15 is 0 Å². The molecule has 3 rings (SSSR count). The summed E-state index contributed by atoms with van der Waals surface area (Å²) in [5.74, 6) is 1.29. The molecule has 1 aromatic heterocycles. The minimum absolute atomic E-state index is 0.0648. The molecule has 3 unspecified atom stereocenters. The molecule has 0 spiro atoms. The normalized spacial score (nSPS) is 23.8. The van der Waals surface area contributed by atoms with E-state index in [2.05, 4.69) is 29.8 Å². The highest BCUT2D eigenvalue weighted by Crippen LogP contribution is 2.57. The van der Waals surface area contributed by atoms with Crippen LogP contribution < -0.4 is 4.57 Å². The van der Waals surface area contributed by atoms with Gasteiger partial charge in [-0.25, -0.2) is 8.42 Å². The summed E-state index contributed by atoms with van der Waals surface area (Å²) in [7, 11) is -6.09. The second-order valence-electron chi connectivity index (χ2n) is 5.97. The Morgan fingerprint density at radius 3 is 2.56 bits per heavy atom. The third-order valence-electron chi connectivity index (χ3n) is 4.28. The van der Waals surface area contributed by atoms with Crippen LogP contribution in [0, 0.1) is 12.8 Å². The van der Waals surface area contributed by atoms with Crippen molar-refractivity contribution in [2.75, 3.05) is 6.61 Å². The van der Waals surface area contributed by atoms with E-state index in [1.165, 1.54) is 17.7 Å². The van der Waals surface area contributed by atoms with E-state index in [-0.39, 0.29) is 5.97 Å². The van der Waals surface area contributed by atoms with Gasteiger partial charge >= 0.3 is 11.5 Å². The number of hydrogen-bond acceptors (Lipinski definition) is 5. The summed E-state index contributed by atoms with van der Waals surface area (Å²) in [5.41, 5.74) is -2.86. The standard InChI is InChI=1S/C14H18NO2.CHF3O3S/c1-3-17-13(16)8-12-10-7-11(10)14-9(2)5-4-6-15(12)14;2-1(3,4)8(5,6)7/h4-6,10-12H,3,7-8H2,1-2H3;(H,5,6,7)/q+1;/p-1. The number of halogens is 3. The zero-order valence-electron chi connectivity index (χ0n) is 13.6. The van der Waals surface area contributed by atoms with Gasteiger partial charge in [-0.1, -0.05) is 0 Å². The molecule has 1 aromatic rings. The minimum Gasteiger partial charge on any atom is -0.741 e. The van der Waals surface area contributed by atoms with E-state index in [4.69, 9.17) is 17.7 Å². The molecule has 2 heterocycles. The lowest BCUT2D eigenvalue weighted by Crippen LogP contribution is -2.42. The molecule has 0 saturated heterocycles. The van der Waals surface area contributed by atoms with Gasteiger partial charge in [0.25, 0.3) is 0 Å². The van der Waals surface area contributed by atoms with E-state index in [0.717, 1.165) is 0 Å². The third-order valence-corrected chi connectivity index (χ3v) is 4.85. The molecular formula is C15H18F3NO5S. The summed E-state index contributed by atoms with van der Waals surface area (Å²) >= 11 is 0. The monoisotopic (exact) mass is 381 g/mol. The first-order chi connectivity index (χ1) is 11.5. The average Bonchev–Trinajstić information content (AvgIpc) is 3.17. The molecular weight excluding hydrogens is 363 g/mol. The number of alkyl halides is 3. The van der Waals surface area contributed by atoms with Crippen LogP contribution in [0.25, 0.3) is 0 Å². The average molecular weight is 381 g/mol. The Labute approximate surface area is 143 Å². The Morgan fingerprint density at radius 1 is 1.44 bits per heavy atom. The number of ether oxygens (including phenoxy) is 1. The van der Waals surface area contributed by atoms with Crippen molar-refractivity contribution >= 4 is 16.1 Å². The predicted octanol–water partition coefficient (Wildman–Crippen LogP) is 1.95. The maximum Gasteiger partial charge on any atom is 0.485 e. The molecule has 0 aromatic carbocycles. The first kappa shape index (κ1) is 19.6. The molecule has 1 saturated carbocycles. The van der Waals surface area contributed by atoms with Gasteiger partial charge in [0.1, 0.15) is 6.42 Å². The summed E-state index contributed by atoms with van der Waals surface area (Å²) < 4.78 is 66.3. The molecule has 1 aliphatic heterocycles. The number of carbonyl (C=O) groups excluding carboxylic acids is 1. The minimum atomic E-state index is -6.09. The lowest BCUT2D eigenvalue weighted by Gasteiger charge is -2.09. The van der Waals surface area contributed by atoms with Crippen LogP contribution >= 0.6 is 0 Å². The first-order valence-corrected chi connectivity index (χ1v) is 9.06.